The first kappa shape index (κ1) is 20.3. The number of halogens is 1. The SMILES string of the molecule is COC(=O)[C@@H](NC(=O)COc1cc(C)c(Cl)cc1C(C)C)C(C)C. The number of methoxy groups -OCH3 is 1. The lowest BCUT2D eigenvalue weighted by molar-refractivity contribution is -0.146. The molecule has 134 valence electrons. The third-order valence-electron chi connectivity index (χ3n) is 3.71. The topological polar surface area (TPSA) is 64.6 Å². The molecule has 24 heavy (non-hydrogen) atoms. The second kappa shape index (κ2) is 8.92. The van der Waals surface area contributed by atoms with Crippen molar-refractivity contribution >= 4 is 23.5 Å². The van der Waals surface area contributed by atoms with Crippen LogP contribution in [0.2, 0.25) is 5.02 Å². The number of benzene rings is 1. The van der Waals surface area contributed by atoms with Crippen LogP contribution in [0.5, 0.6) is 5.75 Å². The monoisotopic (exact) mass is 355 g/mol. The molecule has 1 rings (SSSR count). The normalized spacial score (nSPS) is 12.2. The Hall–Kier alpha value is -1.75. The van der Waals surface area contributed by atoms with Crippen molar-refractivity contribution in [3.8, 4) is 5.75 Å². The van der Waals surface area contributed by atoms with Crippen molar-refractivity contribution in [1.82, 2.24) is 5.32 Å². The number of aryl methyl sites for hydroxylation is 1. The summed E-state index contributed by atoms with van der Waals surface area (Å²) >= 11 is 6.16. The van der Waals surface area contributed by atoms with E-state index in [1.54, 1.807) is 0 Å². The molecule has 1 aromatic rings. The molecule has 1 atom stereocenters. The van der Waals surface area contributed by atoms with Crippen LogP contribution in [0, 0.1) is 12.8 Å². The van der Waals surface area contributed by atoms with Gasteiger partial charge in [-0.25, -0.2) is 4.79 Å². The van der Waals surface area contributed by atoms with Gasteiger partial charge < -0.3 is 14.8 Å². The number of carbonyl (C=O) groups is 2. The molecule has 0 spiro atoms. The highest BCUT2D eigenvalue weighted by Crippen LogP contribution is 2.31. The van der Waals surface area contributed by atoms with E-state index in [1.807, 2.05) is 46.8 Å². The van der Waals surface area contributed by atoms with Gasteiger partial charge in [0, 0.05) is 5.02 Å². The predicted octanol–water partition coefficient (Wildman–Crippen LogP) is 3.46. The van der Waals surface area contributed by atoms with Gasteiger partial charge in [-0.05, 0) is 42.0 Å². The molecule has 5 nitrogen and oxygen atoms in total. The smallest absolute Gasteiger partial charge is 0.328 e. The van der Waals surface area contributed by atoms with Gasteiger partial charge in [0.2, 0.25) is 0 Å². The second-order valence-corrected chi connectivity index (χ2v) is 6.80. The average molecular weight is 356 g/mol. The summed E-state index contributed by atoms with van der Waals surface area (Å²) in [7, 11) is 1.30. The van der Waals surface area contributed by atoms with E-state index in [2.05, 4.69) is 5.32 Å². The molecule has 1 aromatic carbocycles. The van der Waals surface area contributed by atoms with E-state index in [-0.39, 0.29) is 24.3 Å². The molecule has 0 aliphatic heterocycles. The van der Waals surface area contributed by atoms with E-state index < -0.39 is 12.0 Å². The molecular formula is C18H26ClNO4. The molecule has 0 saturated heterocycles. The first-order valence-electron chi connectivity index (χ1n) is 7.97. The van der Waals surface area contributed by atoms with Gasteiger partial charge in [-0.15, -0.1) is 0 Å². The highest BCUT2D eigenvalue weighted by Gasteiger charge is 2.25. The third kappa shape index (κ3) is 5.41. The number of esters is 1. The van der Waals surface area contributed by atoms with Crippen LogP contribution in [0.1, 0.15) is 44.7 Å². The highest BCUT2D eigenvalue weighted by atomic mass is 35.5. The summed E-state index contributed by atoms with van der Waals surface area (Å²) in [5, 5.41) is 3.32. The maximum Gasteiger partial charge on any atom is 0.328 e. The van der Waals surface area contributed by atoms with E-state index in [9.17, 15) is 9.59 Å². The summed E-state index contributed by atoms with van der Waals surface area (Å²) in [6.45, 7) is 9.43. The lowest BCUT2D eigenvalue weighted by Crippen LogP contribution is -2.46. The Labute approximate surface area is 148 Å². The summed E-state index contributed by atoms with van der Waals surface area (Å²) in [4.78, 5) is 23.8. The Balaban J connectivity index is 2.80. The van der Waals surface area contributed by atoms with Crippen molar-refractivity contribution in [1.29, 1.82) is 0 Å². The fourth-order valence-corrected chi connectivity index (χ4v) is 2.40. The van der Waals surface area contributed by atoms with Crippen molar-refractivity contribution in [2.45, 2.75) is 46.6 Å². The molecule has 1 amide bonds. The first-order valence-corrected chi connectivity index (χ1v) is 8.35. The summed E-state index contributed by atoms with van der Waals surface area (Å²) in [5.74, 6) is -0.0868. The fourth-order valence-electron chi connectivity index (χ4n) is 2.23. The minimum Gasteiger partial charge on any atom is -0.483 e. The van der Waals surface area contributed by atoms with Crippen LogP contribution in [-0.2, 0) is 14.3 Å². The Bertz CT molecular complexity index is 599. The van der Waals surface area contributed by atoms with Crippen LogP contribution >= 0.6 is 11.6 Å². The van der Waals surface area contributed by atoms with E-state index in [0.717, 1.165) is 11.1 Å². The molecular weight excluding hydrogens is 330 g/mol. The van der Waals surface area contributed by atoms with Crippen LogP contribution in [0.15, 0.2) is 12.1 Å². The highest BCUT2D eigenvalue weighted by molar-refractivity contribution is 6.31. The van der Waals surface area contributed by atoms with Crippen molar-refractivity contribution in [3.63, 3.8) is 0 Å². The largest absolute Gasteiger partial charge is 0.483 e. The summed E-state index contributed by atoms with van der Waals surface area (Å²) in [5.41, 5.74) is 1.82. The number of nitrogens with one attached hydrogen (secondary N) is 1. The quantitative estimate of drug-likeness (QED) is 0.761. The van der Waals surface area contributed by atoms with Crippen molar-refractivity contribution in [3.05, 3.63) is 28.3 Å². The molecule has 0 fully saturated rings. The number of hydrogen-bond donors (Lipinski definition) is 1. The number of rotatable bonds is 7. The van der Waals surface area contributed by atoms with Crippen LogP contribution in [0.4, 0.5) is 0 Å². The zero-order chi connectivity index (χ0) is 18.4. The van der Waals surface area contributed by atoms with Crippen molar-refractivity contribution in [2.24, 2.45) is 5.92 Å². The summed E-state index contributed by atoms with van der Waals surface area (Å²) < 4.78 is 10.4. The molecule has 0 aliphatic rings. The van der Waals surface area contributed by atoms with Gasteiger partial charge >= 0.3 is 5.97 Å². The van der Waals surface area contributed by atoms with Crippen LogP contribution in [-0.4, -0.2) is 31.6 Å². The Morgan fingerprint density at radius 3 is 2.33 bits per heavy atom. The fraction of sp³-hybridized carbons (Fsp3) is 0.556. The van der Waals surface area contributed by atoms with E-state index >= 15 is 0 Å². The molecule has 0 heterocycles. The van der Waals surface area contributed by atoms with Crippen LogP contribution < -0.4 is 10.1 Å². The van der Waals surface area contributed by atoms with Crippen LogP contribution in [0.25, 0.3) is 0 Å². The predicted molar refractivity (Wildman–Crippen MR) is 94.6 cm³/mol. The molecule has 0 unspecified atom stereocenters. The molecule has 1 N–H and O–H groups in total. The summed E-state index contributed by atoms with van der Waals surface area (Å²) in [6, 6.07) is 2.99. The van der Waals surface area contributed by atoms with Gasteiger partial charge in [-0.1, -0.05) is 39.3 Å². The lowest BCUT2D eigenvalue weighted by Gasteiger charge is -2.20. The number of hydrogen-bond acceptors (Lipinski definition) is 4. The first-order chi connectivity index (χ1) is 11.2. The molecule has 0 saturated carbocycles. The molecule has 0 aliphatic carbocycles. The van der Waals surface area contributed by atoms with Gasteiger partial charge in [0.05, 0.1) is 7.11 Å². The third-order valence-corrected chi connectivity index (χ3v) is 4.12. The Morgan fingerprint density at radius 2 is 1.83 bits per heavy atom. The van der Waals surface area contributed by atoms with Gasteiger partial charge in [0.25, 0.3) is 5.91 Å². The van der Waals surface area contributed by atoms with E-state index in [4.69, 9.17) is 21.1 Å². The molecule has 6 heteroatoms. The Morgan fingerprint density at radius 1 is 1.21 bits per heavy atom. The molecule has 0 aromatic heterocycles. The number of carbonyl (C=O) groups excluding carboxylic acids is 2. The molecule has 0 radical (unpaired) electrons. The van der Waals surface area contributed by atoms with Crippen molar-refractivity contribution in [2.75, 3.05) is 13.7 Å². The molecule has 0 bridgehead atoms. The maximum absolute atomic E-state index is 12.1. The minimum absolute atomic E-state index is 0.0783. The zero-order valence-corrected chi connectivity index (χ0v) is 15.9. The van der Waals surface area contributed by atoms with Gasteiger partial charge in [-0.2, -0.15) is 0 Å². The standard InChI is InChI=1S/C18H26ClNO4/c1-10(2)13-8-14(19)12(5)7-15(13)24-9-16(21)20-17(11(3)4)18(22)23-6/h7-8,10-11,17H,9H2,1-6H3,(H,20,21)/t17-/m0/s1. The minimum atomic E-state index is -0.692. The maximum atomic E-state index is 12.1. The second-order valence-electron chi connectivity index (χ2n) is 6.39. The van der Waals surface area contributed by atoms with E-state index in [1.165, 1.54) is 7.11 Å². The van der Waals surface area contributed by atoms with Gasteiger partial charge in [0.1, 0.15) is 11.8 Å². The van der Waals surface area contributed by atoms with Crippen molar-refractivity contribution < 1.29 is 19.1 Å². The average Bonchev–Trinajstić information content (AvgIpc) is 2.51. The Kier molecular flexibility index (Phi) is 7.55. The number of amides is 1. The summed E-state index contributed by atoms with van der Waals surface area (Å²) in [6.07, 6.45) is 0. The van der Waals surface area contributed by atoms with E-state index in [0.29, 0.717) is 10.8 Å². The zero-order valence-electron chi connectivity index (χ0n) is 15.1. The van der Waals surface area contributed by atoms with Gasteiger partial charge in [-0.3, -0.25) is 4.79 Å². The van der Waals surface area contributed by atoms with Crippen LogP contribution in [0.3, 0.4) is 0 Å². The van der Waals surface area contributed by atoms with Gasteiger partial charge in [0.15, 0.2) is 6.61 Å². The number of ether oxygens (including phenoxy) is 2. The lowest BCUT2D eigenvalue weighted by atomic mass is 10.0.